The fourth-order valence-electron chi connectivity index (χ4n) is 1.11. The Hall–Kier alpha value is 0.0500. The molecule has 0 aromatic carbocycles. The van der Waals surface area contributed by atoms with Crippen LogP contribution in [0.15, 0.2) is 12.2 Å². The average Bonchev–Trinajstić information content (AvgIpc) is 1.82. The van der Waals surface area contributed by atoms with Gasteiger partial charge in [0.05, 0.1) is 0 Å². The summed E-state index contributed by atoms with van der Waals surface area (Å²) >= 11 is 0. The molecule has 0 aromatic heterocycles. The summed E-state index contributed by atoms with van der Waals surface area (Å²) in [5.74, 6) is 0. The van der Waals surface area contributed by atoms with Crippen LogP contribution < -0.4 is 5.50 Å². The first-order valence-corrected chi connectivity index (χ1v) is 5.62. The molecule has 0 spiro atoms. The third-order valence-electron chi connectivity index (χ3n) is 1.66. The lowest BCUT2D eigenvalue weighted by Gasteiger charge is -2.00. The number of hydrogen-bond acceptors (Lipinski definition) is 3. The number of rotatable bonds is 0. The maximum atomic E-state index is 7.45. The summed E-state index contributed by atoms with van der Waals surface area (Å²) in [6, 6.07) is 0. The Balaban J connectivity index is 0.000000261. The van der Waals surface area contributed by atoms with E-state index in [-0.39, 0.29) is 0 Å². The number of allylic oxidation sites excluding steroid dienone is 2. The molecule has 1 rings (SSSR count). The Kier molecular flexibility index (Phi) is 9.18. The van der Waals surface area contributed by atoms with Crippen LogP contribution in [-0.4, -0.2) is 9.79 Å². The van der Waals surface area contributed by atoms with E-state index in [4.69, 9.17) is 9.79 Å². The molecule has 0 aromatic rings. The van der Waals surface area contributed by atoms with Crippen molar-refractivity contribution in [1.29, 1.82) is 0 Å². The molecule has 0 radical (unpaired) electrons. The SMILES string of the molecule is C1=CCCCCCC1.NP(O)O. The van der Waals surface area contributed by atoms with E-state index in [1.807, 2.05) is 0 Å². The van der Waals surface area contributed by atoms with Crippen molar-refractivity contribution < 1.29 is 9.79 Å². The molecular weight excluding hydrogens is 173 g/mol. The zero-order chi connectivity index (χ0) is 9.23. The van der Waals surface area contributed by atoms with Crippen LogP contribution in [0, 0.1) is 0 Å². The second-order valence-corrected chi connectivity index (χ2v) is 3.42. The second-order valence-electron chi connectivity index (χ2n) is 2.78. The lowest BCUT2D eigenvalue weighted by atomic mass is 10.1. The predicted molar refractivity (Wildman–Crippen MR) is 52.4 cm³/mol. The van der Waals surface area contributed by atoms with Crippen molar-refractivity contribution in [2.24, 2.45) is 5.50 Å². The molecule has 0 atom stereocenters. The van der Waals surface area contributed by atoms with E-state index >= 15 is 0 Å². The van der Waals surface area contributed by atoms with Gasteiger partial charge in [-0.2, -0.15) is 0 Å². The Morgan fingerprint density at radius 3 is 1.58 bits per heavy atom. The van der Waals surface area contributed by atoms with Crippen LogP contribution in [0.3, 0.4) is 0 Å². The summed E-state index contributed by atoms with van der Waals surface area (Å²) in [7, 11) is -2.12. The molecule has 0 aliphatic heterocycles. The van der Waals surface area contributed by atoms with Crippen molar-refractivity contribution in [1.82, 2.24) is 0 Å². The zero-order valence-electron chi connectivity index (χ0n) is 7.32. The van der Waals surface area contributed by atoms with Gasteiger partial charge in [0.2, 0.25) is 8.53 Å². The Bertz CT molecular complexity index is 105. The van der Waals surface area contributed by atoms with E-state index in [0.29, 0.717) is 0 Å². The van der Waals surface area contributed by atoms with Gasteiger partial charge in [-0.15, -0.1) is 0 Å². The van der Waals surface area contributed by atoms with Crippen LogP contribution in [0.4, 0.5) is 0 Å². The minimum absolute atomic E-state index is 1.32. The third kappa shape index (κ3) is 12.7. The molecule has 0 fully saturated rings. The number of hydrogen-bond donors (Lipinski definition) is 3. The van der Waals surface area contributed by atoms with Gasteiger partial charge in [-0.25, -0.2) is 0 Å². The monoisotopic (exact) mass is 191 g/mol. The molecule has 0 saturated heterocycles. The van der Waals surface area contributed by atoms with E-state index in [1.165, 1.54) is 38.5 Å². The summed E-state index contributed by atoms with van der Waals surface area (Å²) in [6.45, 7) is 0. The van der Waals surface area contributed by atoms with Crippen LogP contribution >= 0.6 is 8.53 Å². The van der Waals surface area contributed by atoms with Crippen molar-refractivity contribution in [3.8, 4) is 0 Å². The lowest BCUT2D eigenvalue weighted by molar-refractivity contribution is 0.485. The van der Waals surface area contributed by atoms with Gasteiger partial charge in [0, 0.05) is 0 Å². The molecule has 0 saturated carbocycles. The van der Waals surface area contributed by atoms with Gasteiger partial charge < -0.3 is 9.79 Å². The van der Waals surface area contributed by atoms with Crippen molar-refractivity contribution in [3.63, 3.8) is 0 Å². The minimum Gasteiger partial charge on any atom is -0.338 e. The third-order valence-corrected chi connectivity index (χ3v) is 1.66. The Morgan fingerprint density at radius 2 is 1.25 bits per heavy atom. The molecule has 0 bridgehead atoms. The fourth-order valence-corrected chi connectivity index (χ4v) is 1.11. The normalized spacial score (nSPS) is 17.7. The summed E-state index contributed by atoms with van der Waals surface area (Å²) in [5, 5.41) is 0. The zero-order valence-corrected chi connectivity index (χ0v) is 8.21. The molecule has 0 heterocycles. The molecule has 1 aliphatic rings. The van der Waals surface area contributed by atoms with Crippen LogP contribution in [0.2, 0.25) is 0 Å². The van der Waals surface area contributed by atoms with E-state index in [0.717, 1.165) is 0 Å². The molecular formula is C8H18NO2P. The predicted octanol–water partition coefficient (Wildman–Crippen LogP) is 2.05. The molecule has 72 valence electrons. The fraction of sp³-hybridized carbons (Fsp3) is 0.750. The first kappa shape index (κ1) is 12.0. The highest BCUT2D eigenvalue weighted by atomic mass is 31.2. The molecule has 3 nitrogen and oxygen atoms in total. The maximum Gasteiger partial charge on any atom is 0.247 e. The molecule has 1 aliphatic carbocycles. The highest BCUT2D eigenvalue weighted by Crippen LogP contribution is 2.09. The summed E-state index contributed by atoms with van der Waals surface area (Å²) in [5.41, 5.74) is 4.29. The van der Waals surface area contributed by atoms with Crippen molar-refractivity contribution in [3.05, 3.63) is 12.2 Å². The van der Waals surface area contributed by atoms with E-state index in [1.54, 1.807) is 0 Å². The van der Waals surface area contributed by atoms with Crippen LogP contribution in [0.1, 0.15) is 38.5 Å². The van der Waals surface area contributed by atoms with Crippen LogP contribution in [0.5, 0.6) is 0 Å². The molecule has 0 unspecified atom stereocenters. The molecule has 4 N–H and O–H groups in total. The highest BCUT2D eigenvalue weighted by molar-refractivity contribution is 7.42. The quantitative estimate of drug-likeness (QED) is 0.405. The van der Waals surface area contributed by atoms with E-state index < -0.39 is 8.53 Å². The Labute approximate surface area is 75.3 Å². The second kappa shape index (κ2) is 9.14. The minimum atomic E-state index is -2.12. The highest BCUT2D eigenvalue weighted by Gasteiger charge is 1.89. The largest absolute Gasteiger partial charge is 0.338 e. The maximum absolute atomic E-state index is 7.45. The smallest absolute Gasteiger partial charge is 0.247 e. The average molecular weight is 191 g/mol. The van der Waals surface area contributed by atoms with E-state index in [9.17, 15) is 0 Å². The van der Waals surface area contributed by atoms with Gasteiger partial charge in [-0.3, -0.25) is 5.50 Å². The summed E-state index contributed by atoms with van der Waals surface area (Å²) < 4.78 is 0. The van der Waals surface area contributed by atoms with Gasteiger partial charge in [-0.1, -0.05) is 25.0 Å². The Morgan fingerprint density at radius 1 is 0.917 bits per heavy atom. The summed E-state index contributed by atoms with van der Waals surface area (Å²) in [4.78, 5) is 14.9. The van der Waals surface area contributed by atoms with Gasteiger partial charge in [-0.05, 0) is 25.7 Å². The number of nitrogens with two attached hydrogens (primary N) is 1. The van der Waals surface area contributed by atoms with Gasteiger partial charge in [0.15, 0.2) is 0 Å². The molecule has 4 heteroatoms. The van der Waals surface area contributed by atoms with Crippen LogP contribution in [-0.2, 0) is 0 Å². The first-order valence-electron chi connectivity index (χ1n) is 4.31. The van der Waals surface area contributed by atoms with Crippen molar-refractivity contribution in [2.75, 3.05) is 0 Å². The van der Waals surface area contributed by atoms with Gasteiger partial charge in [0.1, 0.15) is 0 Å². The molecule has 12 heavy (non-hydrogen) atoms. The standard InChI is InChI=1S/C8H14.H4NO2P/c1-2-4-6-8-7-5-3-1;1-4(2)3/h1-2H,3-8H2;2-3H,1H2. The molecule has 0 amide bonds. The van der Waals surface area contributed by atoms with Gasteiger partial charge >= 0.3 is 0 Å². The topological polar surface area (TPSA) is 66.5 Å². The van der Waals surface area contributed by atoms with Crippen LogP contribution in [0.25, 0.3) is 0 Å². The van der Waals surface area contributed by atoms with Crippen molar-refractivity contribution in [2.45, 2.75) is 38.5 Å². The van der Waals surface area contributed by atoms with Gasteiger partial charge in [0.25, 0.3) is 0 Å². The first-order chi connectivity index (χ1) is 5.73. The van der Waals surface area contributed by atoms with E-state index in [2.05, 4.69) is 17.7 Å². The van der Waals surface area contributed by atoms with Crippen molar-refractivity contribution >= 4 is 8.53 Å². The summed E-state index contributed by atoms with van der Waals surface area (Å²) in [6.07, 6.45) is 13.0. The lowest BCUT2D eigenvalue weighted by Crippen LogP contribution is -1.80.